The highest BCUT2D eigenvalue weighted by atomic mass is 35.5. The number of carbonyl (C=O) groups is 1. The fourth-order valence-electron chi connectivity index (χ4n) is 1.54. The van der Waals surface area contributed by atoms with Crippen molar-refractivity contribution in [3.63, 3.8) is 0 Å². The van der Waals surface area contributed by atoms with Crippen molar-refractivity contribution in [2.24, 2.45) is 0 Å². The molecule has 0 fully saturated rings. The molecule has 0 N–H and O–H groups in total. The Bertz CT molecular complexity index is 646. The summed E-state index contributed by atoms with van der Waals surface area (Å²) in [5.74, 6) is 0. The number of halogens is 1. The van der Waals surface area contributed by atoms with Crippen molar-refractivity contribution < 1.29 is 9.00 Å². The second-order valence-corrected chi connectivity index (χ2v) is 7.28. The topological polar surface area (TPSA) is 52.0 Å². The van der Waals surface area contributed by atoms with Gasteiger partial charge in [-0.2, -0.15) is 5.10 Å². The van der Waals surface area contributed by atoms with Crippen molar-refractivity contribution in [2.45, 2.75) is 24.3 Å². The average molecular weight is 317 g/mol. The molecule has 2 aromatic rings. The first kappa shape index (κ1) is 14.4. The number of carbonyl (C=O) groups excluding carboxylic acids is 1. The fourth-order valence-corrected chi connectivity index (χ4v) is 3.41. The Labute approximate surface area is 122 Å². The van der Waals surface area contributed by atoms with E-state index in [0.717, 1.165) is 11.2 Å². The van der Waals surface area contributed by atoms with E-state index >= 15 is 0 Å². The minimum absolute atomic E-state index is 0.575. The summed E-state index contributed by atoms with van der Waals surface area (Å²) in [5.41, 5.74) is -0.202. The lowest BCUT2D eigenvalue weighted by atomic mass is 10.1. The van der Waals surface area contributed by atoms with Gasteiger partial charge in [0.25, 0.3) is 0 Å². The van der Waals surface area contributed by atoms with Crippen LogP contribution < -0.4 is 0 Å². The molecule has 4 nitrogen and oxygen atoms in total. The van der Waals surface area contributed by atoms with Crippen LogP contribution in [0.25, 0.3) is 10.6 Å². The zero-order valence-corrected chi connectivity index (χ0v) is 13.1. The van der Waals surface area contributed by atoms with Gasteiger partial charge in [-0.15, -0.1) is 11.3 Å². The van der Waals surface area contributed by atoms with Gasteiger partial charge in [0.1, 0.15) is 17.5 Å². The van der Waals surface area contributed by atoms with Gasteiger partial charge in [-0.3, -0.25) is 8.89 Å². The summed E-state index contributed by atoms with van der Waals surface area (Å²) in [7, 11) is -1.20. The van der Waals surface area contributed by atoms with E-state index < -0.39 is 16.3 Å². The minimum atomic E-state index is -1.20. The molecule has 0 saturated heterocycles. The normalized spacial score (nSPS) is 13.5. The zero-order chi connectivity index (χ0) is 14.2. The molecule has 0 amide bonds. The molecule has 0 radical (unpaired) electrons. The van der Waals surface area contributed by atoms with Gasteiger partial charge in [0, 0.05) is 12.5 Å². The Morgan fingerprint density at radius 3 is 2.68 bits per heavy atom. The number of aromatic nitrogens is 2. The van der Waals surface area contributed by atoms with E-state index in [2.05, 4.69) is 5.10 Å². The van der Waals surface area contributed by atoms with Crippen LogP contribution in [-0.2, 0) is 21.1 Å². The number of hydrogen-bond acceptors (Lipinski definition) is 4. The largest absolute Gasteiger partial charge is 0.301 e. The molecule has 2 heterocycles. The highest BCUT2D eigenvalue weighted by Crippen LogP contribution is 2.36. The summed E-state index contributed by atoms with van der Waals surface area (Å²) < 4.78 is 13.4. The quantitative estimate of drug-likeness (QED) is 0.815. The molecule has 102 valence electrons. The van der Waals surface area contributed by atoms with Crippen LogP contribution in [0, 0.1) is 0 Å². The number of aldehydes is 1. The van der Waals surface area contributed by atoms with Gasteiger partial charge in [0.05, 0.1) is 25.6 Å². The maximum Gasteiger partial charge on any atom is 0.147 e. The fraction of sp³-hybridized carbons (Fsp3) is 0.333. The summed E-state index contributed by atoms with van der Waals surface area (Å²) >= 11 is 7.54. The first-order valence-electron chi connectivity index (χ1n) is 5.50. The van der Waals surface area contributed by atoms with Crippen molar-refractivity contribution >= 4 is 40.0 Å². The second-order valence-electron chi connectivity index (χ2n) is 4.61. The van der Waals surface area contributed by atoms with E-state index in [1.54, 1.807) is 32.4 Å². The van der Waals surface area contributed by atoms with E-state index in [1.165, 1.54) is 16.0 Å². The second kappa shape index (κ2) is 5.19. The first-order valence-corrected chi connectivity index (χ1v) is 8.31. The number of rotatable bonds is 4. The third-order valence-electron chi connectivity index (χ3n) is 2.70. The molecule has 7 heteroatoms. The smallest absolute Gasteiger partial charge is 0.147 e. The molecular weight excluding hydrogens is 304 g/mol. The molecule has 2 aromatic heterocycles. The SMILES string of the molecule is CS(=O)c1cn(C(C)(C)C=O)nc1-c1sccc1Cl. The number of hydrogen-bond donors (Lipinski definition) is 0. The highest BCUT2D eigenvalue weighted by molar-refractivity contribution is 7.84. The van der Waals surface area contributed by atoms with Crippen molar-refractivity contribution in [1.29, 1.82) is 0 Å². The molecular formula is C12H13ClN2O2S2. The van der Waals surface area contributed by atoms with Gasteiger partial charge in [-0.25, -0.2) is 0 Å². The van der Waals surface area contributed by atoms with E-state index in [0.29, 0.717) is 15.6 Å². The summed E-state index contributed by atoms with van der Waals surface area (Å²) in [5, 5.41) is 6.82. The molecule has 0 aliphatic heterocycles. The van der Waals surface area contributed by atoms with Gasteiger partial charge in [0.15, 0.2) is 0 Å². The lowest BCUT2D eigenvalue weighted by Crippen LogP contribution is -2.28. The van der Waals surface area contributed by atoms with Crippen LogP contribution in [0.15, 0.2) is 22.5 Å². The highest BCUT2D eigenvalue weighted by Gasteiger charge is 2.25. The zero-order valence-electron chi connectivity index (χ0n) is 10.7. The average Bonchev–Trinajstić information content (AvgIpc) is 2.94. The van der Waals surface area contributed by atoms with Crippen molar-refractivity contribution in [3.05, 3.63) is 22.7 Å². The monoisotopic (exact) mass is 316 g/mol. The predicted molar refractivity (Wildman–Crippen MR) is 78.3 cm³/mol. The van der Waals surface area contributed by atoms with Crippen LogP contribution in [0.5, 0.6) is 0 Å². The summed E-state index contributed by atoms with van der Waals surface area (Å²) in [6.07, 6.45) is 4.04. The van der Waals surface area contributed by atoms with Gasteiger partial charge in [-0.05, 0) is 25.3 Å². The lowest BCUT2D eigenvalue weighted by molar-refractivity contribution is -0.114. The summed E-state index contributed by atoms with van der Waals surface area (Å²) in [6.45, 7) is 3.49. The molecule has 2 rings (SSSR count). The Morgan fingerprint density at radius 1 is 1.53 bits per heavy atom. The molecule has 0 saturated carbocycles. The Kier molecular flexibility index (Phi) is 3.94. The standard InChI is InChI=1S/C12H13ClN2O2S2/c1-12(2,7-16)15-6-9(19(3)17)10(14-15)11-8(13)4-5-18-11/h4-7H,1-3H3. The van der Waals surface area contributed by atoms with E-state index in [-0.39, 0.29) is 0 Å². The summed E-state index contributed by atoms with van der Waals surface area (Å²) in [4.78, 5) is 12.5. The van der Waals surface area contributed by atoms with E-state index in [9.17, 15) is 9.00 Å². The van der Waals surface area contributed by atoms with Gasteiger partial charge in [-0.1, -0.05) is 11.6 Å². The van der Waals surface area contributed by atoms with E-state index in [1.807, 2.05) is 5.38 Å². The maximum absolute atomic E-state index is 11.8. The molecule has 0 aromatic carbocycles. The number of thiophene rings is 1. The minimum Gasteiger partial charge on any atom is -0.301 e. The number of nitrogens with zero attached hydrogens (tertiary/aromatic N) is 2. The van der Waals surface area contributed by atoms with Crippen LogP contribution in [-0.4, -0.2) is 26.5 Å². The summed E-state index contributed by atoms with van der Waals surface area (Å²) in [6, 6.07) is 1.77. The molecule has 19 heavy (non-hydrogen) atoms. The molecule has 0 spiro atoms. The van der Waals surface area contributed by atoms with Crippen molar-refractivity contribution in [3.8, 4) is 10.6 Å². The third-order valence-corrected chi connectivity index (χ3v) is 4.97. The van der Waals surface area contributed by atoms with Crippen LogP contribution in [0.1, 0.15) is 13.8 Å². The Hall–Kier alpha value is -0.980. The Balaban J connectivity index is 2.64. The molecule has 0 bridgehead atoms. The maximum atomic E-state index is 11.8. The first-order chi connectivity index (χ1) is 8.86. The van der Waals surface area contributed by atoms with Crippen LogP contribution in [0.3, 0.4) is 0 Å². The van der Waals surface area contributed by atoms with Crippen LogP contribution >= 0.6 is 22.9 Å². The predicted octanol–water partition coefficient (Wildman–Crippen LogP) is 2.94. The van der Waals surface area contributed by atoms with Crippen LogP contribution in [0.4, 0.5) is 0 Å². The molecule has 0 aliphatic rings. The van der Waals surface area contributed by atoms with Gasteiger partial charge < -0.3 is 4.79 Å². The molecule has 0 aliphatic carbocycles. The molecule has 1 atom stereocenters. The van der Waals surface area contributed by atoms with Crippen LogP contribution in [0.2, 0.25) is 5.02 Å². The molecule has 1 unspecified atom stereocenters. The van der Waals surface area contributed by atoms with E-state index in [4.69, 9.17) is 11.6 Å². The van der Waals surface area contributed by atoms with Crippen molar-refractivity contribution in [1.82, 2.24) is 9.78 Å². The third kappa shape index (κ3) is 2.66. The lowest BCUT2D eigenvalue weighted by Gasteiger charge is -2.16. The Morgan fingerprint density at radius 2 is 2.21 bits per heavy atom. The van der Waals surface area contributed by atoms with Crippen molar-refractivity contribution in [2.75, 3.05) is 6.26 Å². The van der Waals surface area contributed by atoms with Gasteiger partial charge >= 0.3 is 0 Å². The van der Waals surface area contributed by atoms with Gasteiger partial charge in [0.2, 0.25) is 0 Å².